The normalized spacial score (nSPS) is 22.9. The molecule has 2 saturated heterocycles. The number of urea groups is 1. The van der Waals surface area contributed by atoms with E-state index < -0.39 is 18.2 Å². The summed E-state index contributed by atoms with van der Waals surface area (Å²) in [6, 6.07) is 13.1. The summed E-state index contributed by atoms with van der Waals surface area (Å²) in [6.07, 6.45) is 4.57. The summed E-state index contributed by atoms with van der Waals surface area (Å²) < 4.78 is 6.49. The highest BCUT2D eigenvalue weighted by Gasteiger charge is 2.36. The van der Waals surface area contributed by atoms with Crippen LogP contribution in [0, 0.1) is 5.92 Å². The number of piperazine rings is 1. The number of phenolic OH excluding ortho intramolecular Hbond substituents is 1. The highest BCUT2D eigenvalue weighted by molar-refractivity contribution is 9.10. The van der Waals surface area contributed by atoms with Crippen LogP contribution in [0.4, 0.5) is 15.3 Å². The third-order valence-electron chi connectivity index (χ3n) is 10.7. The number of carboxylic acid groups (broad SMARTS) is 1. The molecular formula is C36H46BrN5O7. The lowest BCUT2D eigenvalue weighted by atomic mass is 9.83. The second-order valence-corrected chi connectivity index (χ2v) is 14.6. The first-order valence-corrected chi connectivity index (χ1v) is 18.3. The Hall–Kier alpha value is -3.84. The Balaban J connectivity index is 1.05. The van der Waals surface area contributed by atoms with Crippen molar-refractivity contribution in [2.75, 3.05) is 51.1 Å². The van der Waals surface area contributed by atoms with Gasteiger partial charge in [-0.1, -0.05) is 24.3 Å². The molecule has 2 aromatic carbocycles. The van der Waals surface area contributed by atoms with Crippen molar-refractivity contribution in [2.24, 2.45) is 5.92 Å². The molecule has 2 aromatic rings. The molecule has 0 radical (unpaired) electrons. The van der Waals surface area contributed by atoms with Gasteiger partial charge in [0.1, 0.15) is 5.75 Å². The van der Waals surface area contributed by atoms with Crippen molar-refractivity contribution in [2.45, 2.75) is 76.0 Å². The van der Waals surface area contributed by atoms with Crippen LogP contribution in [0.25, 0.3) is 0 Å². The fourth-order valence-corrected chi connectivity index (χ4v) is 8.26. The number of carbonyl (C=O) groups excluding carboxylic acids is 3. The summed E-state index contributed by atoms with van der Waals surface area (Å²) in [7, 11) is 0. The van der Waals surface area contributed by atoms with Gasteiger partial charge in [-0.05, 0) is 96.1 Å². The number of benzene rings is 2. The maximum absolute atomic E-state index is 14.0. The van der Waals surface area contributed by atoms with Crippen molar-refractivity contribution in [3.8, 4) is 5.75 Å². The van der Waals surface area contributed by atoms with Crippen molar-refractivity contribution in [3.63, 3.8) is 0 Å². The highest BCUT2D eigenvalue weighted by Crippen LogP contribution is 2.31. The van der Waals surface area contributed by atoms with Crippen molar-refractivity contribution in [1.29, 1.82) is 0 Å². The number of carboxylic acids is 1. The average Bonchev–Trinajstić information content (AvgIpc) is 3.27. The lowest BCUT2D eigenvalue weighted by Crippen LogP contribution is -2.55. The Morgan fingerprint density at radius 3 is 2.29 bits per heavy atom. The number of anilines is 1. The van der Waals surface area contributed by atoms with Crippen LogP contribution >= 0.6 is 15.9 Å². The summed E-state index contributed by atoms with van der Waals surface area (Å²) in [5, 5.41) is 22.2. The topological polar surface area (TPSA) is 143 Å². The quantitative estimate of drug-likeness (QED) is 0.346. The number of amides is 4. The van der Waals surface area contributed by atoms with E-state index in [2.05, 4.69) is 26.1 Å². The van der Waals surface area contributed by atoms with Gasteiger partial charge in [0.25, 0.3) is 5.91 Å². The zero-order chi connectivity index (χ0) is 34.5. The third-order valence-corrected chi connectivity index (χ3v) is 11.3. The minimum Gasteiger partial charge on any atom is -0.507 e. The molecule has 4 aliphatic rings. The van der Waals surface area contributed by atoms with Crippen molar-refractivity contribution in [3.05, 3.63) is 58.1 Å². The Labute approximate surface area is 295 Å². The monoisotopic (exact) mass is 739 g/mol. The number of para-hydroxylation sites is 1. The van der Waals surface area contributed by atoms with E-state index in [4.69, 9.17) is 9.84 Å². The van der Waals surface area contributed by atoms with Crippen LogP contribution in [0.3, 0.4) is 0 Å². The number of rotatable bonds is 8. The van der Waals surface area contributed by atoms with Crippen molar-refractivity contribution < 1.29 is 34.1 Å². The molecule has 3 aliphatic heterocycles. The molecule has 13 heteroatoms. The van der Waals surface area contributed by atoms with E-state index in [1.807, 2.05) is 29.2 Å². The molecule has 264 valence electrons. The molecule has 0 bridgehead atoms. The zero-order valence-corrected chi connectivity index (χ0v) is 29.4. The number of ether oxygens (including phenoxy) is 1. The van der Waals surface area contributed by atoms with E-state index in [0.717, 1.165) is 48.9 Å². The van der Waals surface area contributed by atoms with E-state index in [0.29, 0.717) is 69.2 Å². The van der Waals surface area contributed by atoms with Crippen LogP contribution in [0.1, 0.15) is 56.1 Å². The van der Waals surface area contributed by atoms with Gasteiger partial charge in [0.2, 0.25) is 0 Å². The molecule has 0 spiro atoms. The van der Waals surface area contributed by atoms with Gasteiger partial charge in [-0.15, -0.1) is 0 Å². The number of halogens is 1. The Kier molecular flexibility index (Phi) is 11.3. The molecule has 6 rings (SSSR count). The number of phenols is 1. The fraction of sp³-hybridized carbons (Fsp3) is 0.556. The molecule has 1 saturated carbocycles. The molecule has 3 N–H and O–H groups in total. The molecule has 3 fully saturated rings. The first-order valence-electron chi connectivity index (χ1n) is 17.5. The van der Waals surface area contributed by atoms with Gasteiger partial charge >= 0.3 is 18.1 Å². The van der Waals surface area contributed by atoms with E-state index in [1.165, 1.54) is 0 Å². The van der Waals surface area contributed by atoms with E-state index in [9.17, 15) is 24.3 Å². The lowest BCUT2D eigenvalue weighted by molar-refractivity contribution is -0.143. The number of aromatic hydroxyl groups is 1. The Morgan fingerprint density at radius 1 is 0.878 bits per heavy atom. The molecular weight excluding hydrogens is 694 g/mol. The summed E-state index contributed by atoms with van der Waals surface area (Å²) in [6.45, 7) is 3.92. The number of fused-ring (bicyclic) bond motifs is 1. The SMILES string of the molecule is O=C(O)CC1CCC(N2CCN(C(=O)C(Cc3ccc(O)c(Br)c3)OC(=O)N3CCC(N4CCc5ccccc5NC4=O)CC3)CC2)CC1. The number of nitrogens with one attached hydrogen (secondary N) is 1. The van der Waals surface area contributed by atoms with Crippen LogP contribution in [-0.4, -0.2) is 118 Å². The number of carbonyl (C=O) groups is 4. The molecule has 1 unspecified atom stereocenters. The van der Waals surface area contributed by atoms with E-state index in [-0.39, 0.29) is 42.5 Å². The number of hydrogen-bond acceptors (Lipinski definition) is 7. The Morgan fingerprint density at radius 2 is 1.59 bits per heavy atom. The summed E-state index contributed by atoms with van der Waals surface area (Å²) in [5.41, 5.74) is 2.70. The highest BCUT2D eigenvalue weighted by atomic mass is 79.9. The van der Waals surface area contributed by atoms with E-state index in [1.54, 1.807) is 28.0 Å². The first kappa shape index (κ1) is 35.0. The smallest absolute Gasteiger partial charge is 0.410 e. The number of piperidine rings is 1. The summed E-state index contributed by atoms with van der Waals surface area (Å²) >= 11 is 3.35. The maximum atomic E-state index is 14.0. The van der Waals surface area contributed by atoms with Crippen LogP contribution in [-0.2, 0) is 27.2 Å². The second kappa shape index (κ2) is 15.8. The third kappa shape index (κ3) is 8.67. The molecule has 12 nitrogen and oxygen atoms in total. The lowest BCUT2D eigenvalue weighted by Gasteiger charge is -2.42. The van der Waals surface area contributed by atoms with Gasteiger partial charge in [0.05, 0.1) is 4.47 Å². The van der Waals surface area contributed by atoms with Gasteiger partial charge in [-0.3, -0.25) is 14.5 Å². The molecule has 1 aliphatic carbocycles. The molecule has 3 heterocycles. The predicted octanol–water partition coefficient (Wildman–Crippen LogP) is 4.93. The van der Waals surface area contributed by atoms with E-state index >= 15 is 0 Å². The number of likely N-dealkylation sites (tertiary alicyclic amines) is 1. The van der Waals surface area contributed by atoms with Gasteiger partial charge in [0, 0.05) is 76.4 Å². The maximum Gasteiger partial charge on any atom is 0.410 e. The van der Waals surface area contributed by atoms with Crippen LogP contribution < -0.4 is 5.32 Å². The van der Waals surface area contributed by atoms with Crippen LogP contribution in [0.5, 0.6) is 5.75 Å². The minimum atomic E-state index is -1.03. The summed E-state index contributed by atoms with van der Waals surface area (Å²) in [4.78, 5) is 59.4. The summed E-state index contributed by atoms with van der Waals surface area (Å²) in [5.74, 6) is -0.646. The largest absolute Gasteiger partial charge is 0.507 e. The van der Waals surface area contributed by atoms with Gasteiger partial charge in [-0.2, -0.15) is 0 Å². The predicted molar refractivity (Wildman–Crippen MR) is 186 cm³/mol. The average molecular weight is 741 g/mol. The van der Waals surface area contributed by atoms with Crippen LogP contribution in [0.2, 0.25) is 0 Å². The number of hydrogen-bond donors (Lipinski definition) is 3. The second-order valence-electron chi connectivity index (χ2n) is 13.7. The molecule has 0 aromatic heterocycles. The van der Waals surface area contributed by atoms with Gasteiger partial charge < -0.3 is 35.0 Å². The number of aliphatic carboxylic acids is 1. The Bertz CT molecular complexity index is 1520. The molecule has 49 heavy (non-hydrogen) atoms. The zero-order valence-electron chi connectivity index (χ0n) is 27.8. The fourth-order valence-electron chi connectivity index (χ4n) is 7.84. The van der Waals surface area contributed by atoms with Gasteiger partial charge in [-0.25, -0.2) is 9.59 Å². The van der Waals surface area contributed by atoms with Crippen LogP contribution in [0.15, 0.2) is 46.9 Å². The first-order chi connectivity index (χ1) is 23.6. The standard InChI is InChI=1S/C36H46BrN5O7/c37-29-21-25(7-10-31(29)43)22-32(34(46)40-19-17-39(18-20-40)27-8-5-24(6-9-27)23-33(44)45)49-36(48)41-14-12-28(13-15-41)42-16-11-26-3-1-2-4-30(26)38-35(42)47/h1-4,7,10,21,24,27-28,32,43H,5-6,8-9,11-20,22-23H2,(H,38,47)(H,44,45). The molecule has 1 atom stereocenters. The molecule has 4 amide bonds. The van der Waals surface area contributed by atoms with Gasteiger partial charge in [0.15, 0.2) is 6.10 Å². The van der Waals surface area contributed by atoms with Crippen molar-refractivity contribution >= 4 is 45.6 Å². The van der Waals surface area contributed by atoms with Crippen molar-refractivity contribution in [1.82, 2.24) is 19.6 Å². The number of nitrogens with zero attached hydrogens (tertiary/aromatic N) is 4. The minimum absolute atomic E-state index is 0.00588.